The Bertz CT molecular complexity index is 805. The number of halogens is 4. The van der Waals surface area contributed by atoms with Crippen molar-refractivity contribution in [2.75, 3.05) is 13.7 Å². The molecule has 1 aromatic heterocycles. The van der Waals surface area contributed by atoms with Gasteiger partial charge < -0.3 is 15.8 Å². The van der Waals surface area contributed by atoms with Crippen molar-refractivity contribution in [1.29, 1.82) is 0 Å². The van der Waals surface area contributed by atoms with E-state index in [9.17, 15) is 18.0 Å². The van der Waals surface area contributed by atoms with E-state index >= 15 is 0 Å². The van der Waals surface area contributed by atoms with Crippen LogP contribution in [0.25, 0.3) is 5.69 Å². The highest BCUT2D eigenvalue weighted by Crippen LogP contribution is 2.33. The monoisotopic (exact) mass is 420 g/mol. The van der Waals surface area contributed by atoms with Crippen LogP contribution in [0.15, 0.2) is 24.3 Å². The van der Waals surface area contributed by atoms with Crippen LogP contribution in [0.5, 0.6) is 0 Å². The van der Waals surface area contributed by atoms with Crippen LogP contribution in [-0.4, -0.2) is 35.4 Å². The predicted molar refractivity (Wildman–Crippen MR) is 102 cm³/mol. The average molecular weight is 421 g/mol. The molecule has 0 fully saturated rings. The van der Waals surface area contributed by atoms with E-state index in [1.807, 2.05) is 0 Å². The molecule has 0 aliphatic carbocycles. The first-order chi connectivity index (χ1) is 12.7. The lowest BCUT2D eigenvalue weighted by molar-refractivity contribution is -0.138. The van der Waals surface area contributed by atoms with E-state index in [4.69, 9.17) is 10.5 Å². The number of nitrogens with zero attached hydrogens (tertiary/aromatic N) is 2. The Balaban J connectivity index is 0.00000392. The molecule has 3 N–H and O–H groups in total. The second kappa shape index (κ2) is 9.90. The fourth-order valence-electron chi connectivity index (χ4n) is 2.74. The number of hydrogen-bond acceptors (Lipinski definition) is 4. The van der Waals surface area contributed by atoms with Crippen LogP contribution in [0, 0.1) is 13.8 Å². The second-order valence-corrected chi connectivity index (χ2v) is 6.25. The van der Waals surface area contributed by atoms with Crippen molar-refractivity contribution in [3.63, 3.8) is 0 Å². The summed E-state index contributed by atoms with van der Waals surface area (Å²) in [4.78, 5) is 11.9. The first-order valence-corrected chi connectivity index (χ1v) is 8.39. The second-order valence-electron chi connectivity index (χ2n) is 6.25. The molecule has 0 aliphatic heterocycles. The maximum atomic E-state index is 13.5. The zero-order chi connectivity index (χ0) is 20.2. The number of benzene rings is 1. The summed E-state index contributed by atoms with van der Waals surface area (Å²) in [5.41, 5.74) is 6.36. The smallest absolute Gasteiger partial charge is 0.380 e. The molecule has 156 valence electrons. The quantitative estimate of drug-likeness (QED) is 0.721. The van der Waals surface area contributed by atoms with Crippen molar-refractivity contribution in [1.82, 2.24) is 15.1 Å². The van der Waals surface area contributed by atoms with Gasteiger partial charge in [0.25, 0.3) is 0 Å². The number of amides is 1. The molecule has 10 heteroatoms. The minimum Gasteiger partial charge on any atom is -0.380 e. The molecular formula is C18H24ClF3N4O2. The summed E-state index contributed by atoms with van der Waals surface area (Å²) in [6.45, 7) is 3.44. The van der Waals surface area contributed by atoms with Crippen molar-refractivity contribution < 1.29 is 22.7 Å². The lowest BCUT2D eigenvalue weighted by Gasteiger charge is -2.17. The molecule has 0 radical (unpaired) electrons. The van der Waals surface area contributed by atoms with Gasteiger partial charge >= 0.3 is 6.18 Å². The minimum atomic E-state index is -4.56. The first kappa shape index (κ1) is 23.9. The Labute approximate surface area is 167 Å². The van der Waals surface area contributed by atoms with E-state index in [0.29, 0.717) is 11.4 Å². The highest BCUT2D eigenvalue weighted by atomic mass is 35.5. The Morgan fingerprint density at radius 3 is 2.50 bits per heavy atom. The lowest BCUT2D eigenvalue weighted by Crippen LogP contribution is -2.32. The van der Waals surface area contributed by atoms with E-state index in [-0.39, 0.29) is 37.5 Å². The molecule has 2 aromatic rings. The van der Waals surface area contributed by atoms with Gasteiger partial charge in [-0.15, -0.1) is 12.4 Å². The van der Waals surface area contributed by atoms with Crippen LogP contribution in [-0.2, 0) is 22.3 Å². The molecule has 0 spiro atoms. The van der Waals surface area contributed by atoms with Gasteiger partial charge in [-0.1, -0.05) is 6.07 Å². The molecule has 1 aromatic carbocycles. The largest absolute Gasteiger partial charge is 0.416 e. The van der Waals surface area contributed by atoms with Gasteiger partial charge in [0.15, 0.2) is 0 Å². The minimum absolute atomic E-state index is 0. The van der Waals surface area contributed by atoms with Crippen LogP contribution < -0.4 is 11.1 Å². The number of carbonyl (C=O) groups is 1. The maximum absolute atomic E-state index is 13.5. The predicted octanol–water partition coefficient (Wildman–Crippen LogP) is 2.91. The van der Waals surface area contributed by atoms with Gasteiger partial charge in [-0.2, -0.15) is 18.3 Å². The van der Waals surface area contributed by atoms with Crippen LogP contribution in [0.3, 0.4) is 0 Å². The topological polar surface area (TPSA) is 82.2 Å². The zero-order valence-corrected chi connectivity index (χ0v) is 16.7. The van der Waals surface area contributed by atoms with Crippen molar-refractivity contribution in [2.45, 2.75) is 39.1 Å². The first-order valence-electron chi connectivity index (χ1n) is 8.39. The number of aromatic nitrogens is 2. The summed E-state index contributed by atoms with van der Waals surface area (Å²) < 4.78 is 47.0. The van der Waals surface area contributed by atoms with E-state index in [2.05, 4.69) is 10.4 Å². The summed E-state index contributed by atoms with van der Waals surface area (Å²) in [6.07, 6.45) is -5.04. The van der Waals surface area contributed by atoms with Gasteiger partial charge in [0.1, 0.15) is 0 Å². The Hall–Kier alpha value is -2.10. The van der Waals surface area contributed by atoms with E-state index in [1.54, 1.807) is 26.0 Å². The average Bonchev–Trinajstić information content (AvgIpc) is 2.95. The molecule has 2 rings (SSSR count). The molecule has 1 unspecified atom stereocenters. The van der Waals surface area contributed by atoms with Crippen molar-refractivity contribution >= 4 is 18.3 Å². The molecule has 1 atom stereocenters. The number of aryl methyl sites for hydroxylation is 2. The maximum Gasteiger partial charge on any atom is 0.416 e. The third-order valence-corrected chi connectivity index (χ3v) is 4.14. The van der Waals surface area contributed by atoms with Crippen molar-refractivity contribution in [2.24, 2.45) is 5.73 Å². The summed E-state index contributed by atoms with van der Waals surface area (Å²) in [7, 11) is 1.42. The Kier molecular flexibility index (Phi) is 8.47. The summed E-state index contributed by atoms with van der Waals surface area (Å²) in [5, 5.41) is 6.70. The summed E-state index contributed by atoms with van der Waals surface area (Å²) in [6, 6.07) is 5.73. The zero-order valence-electron chi connectivity index (χ0n) is 15.8. The Morgan fingerprint density at radius 2 is 2.00 bits per heavy atom. The van der Waals surface area contributed by atoms with Crippen LogP contribution in [0.1, 0.15) is 28.9 Å². The number of nitrogens with one attached hydrogen (secondary N) is 1. The number of hydrogen-bond donors (Lipinski definition) is 2. The molecule has 6 nitrogen and oxygen atoms in total. The highest BCUT2D eigenvalue weighted by Gasteiger charge is 2.34. The Morgan fingerprint density at radius 1 is 1.32 bits per heavy atom. The van der Waals surface area contributed by atoms with Gasteiger partial charge in [0, 0.05) is 25.9 Å². The molecule has 0 aliphatic rings. The normalized spacial score (nSPS) is 12.4. The number of methoxy groups -OCH3 is 1. The number of ether oxygens (including phenoxy) is 1. The number of nitrogens with two attached hydrogens (primary N) is 1. The fourth-order valence-corrected chi connectivity index (χ4v) is 2.74. The molecule has 1 amide bonds. The van der Waals surface area contributed by atoms with E-state index in [1.165, 1.54) is 17.9 Å². The highest BCUT2D eigenvalue weighted by molar-refractivity contribution is 5.85. The molecule has 0 bridgehead atoms. The van der Waals surface area contributed by atoms with Crippen LogP contribution >= 0.6 is 12.4 Å². The summed E-state index contributed by atoms with van der Waals surface area (Å²) in [5.74, 6) is -0.428. The van der Waals surface area contributed by atoms with E-state index in [0.717, 1.165) is 11.8 Å². The molecular weight excluding hydrogens is 397 g/mol. The molecule has 1 heterocycles. The van der Waals surface area contributed by atoms with E-state index < -0.39 is 23.8 Å². The van der Waals surface area contributed by atoms with Crippen molar-refractivity contribution in [3.05, 3.63) is 46.8 Å². The van der Waals surface area contributed by atoms with Gasteiger partial charge in [0.2, 0.25) is 5.91 Å². The van der Waals surface area contributed by atoms with Gasteiger partial charge in [-0.25, -0.2) is 4.68 Å². The standard InChI is InChI=1S/C18H23F3N4O2.ClH/c1-11-6-12(2)25(24-11)14-5-4-13(16(7-14)18(19,20)21)10-23-17(26)8-15(9-22)27-3;/h4-7,15H,8-10,22H2,1-3H3,(H,23,26);1H. The van der Waals surface area contributed by atoms with Crippen molar-refractivity contribution in [3.8, 4) is 5.69 Å². The number of carbonyl (C=O) groups excluding carboxylic acids is 1. The fraction of sp³-hybridized carbons (Fsp3) is 0.444. The third-order valence-electron chi connectivity index (χ3n) is 4.14. The van der Waals surface area contributed by atoms with Crippen LogP contribution in [0.4, 0.5) is 13.2 Å². The SMILES string of the molecule is COC(CN)CC(=O)NCc1ccc(-n2nc(C)cc2C)cc1C(F)(F)F.Cl. The summed E-state index contributed by atoms with van der Waals surface area (Å²) >= 11 is 0. The van der Waals surface area contributed by atoms with Gasteiger partial charge in [-0.3, -0.25) is 4.79 Å². The number of rotatable bonds is 7. The van der Waals surface area contributed by atoms with Gasteiger partial charge in [0.05, 0.1) is 29.5 Å². The molecule has 0 saturated carbocycles. The van der Waals surface area contributed by atoms with Gasteiger partial charge in [-0.05, 0) is 37.6 Å². The molecule has 0 saturated heterocycles. The lowest BCUT2D eigenvalue weighted by atomic mass is 10.1. The number of alkyl halides is 3. The third kappa shape index (κ3) is 5.95. The molecule has 28 heavy (non-hydrogen) atoms. The van der Waals surface area contributed by atoms with Crippen LogP contribution in [0.2, 0.25) is 0 Å².